The smallest absolute Gasteiger partial charge is 0.191 e. The third-order valence-electron chi connectivity index (χ3n) is 3.97. The second-order valence-corrected chi connectivity index (χ2v) is 5.99. The van der Waals surface area contributed by atoms with Gasteiger partial charge in [-0.2, -0.15) is 0 Å². The van der Waals surface area contributed by atoms with Crippen molar-refractivity contribution in [1.29, 1.82) is 0 Å². The van der Waals surface area contributed by atoms with E-state index in [1.807, 2.05) is 12.1 Å². The zero-order chi connectivity index (χ0) is 17.2. The highest BCUT2D eigenvalue weighted by molar-refractivity contribution is 14.0. The largest absolute Gasteiger partial charge is 0.488 e. The van der Waals surface area contributed by atoms with E-state index in [1.165, 1.54) is 5.56 Å². The number of likely N-dealkylation sites (N-methyl/N-ethyl adjacent to an activating group) is 1. The minimum atomic E-state index is 0. The molecular formula is C18H31IN4O2. The Morgan fingerprint density at radius 3 is 2.84 bits per heavy atom. The average molecular weight is 462 g/mol. The van der Waals surface area contributed by atoms with Crippen molar-refractivity contribution in [2.45, 2.75) is 19.4 Å². The van der Waals surface area contributed by atoms with Gasteiger partial charge in [-0.05, 0) is 25.6 Å². The quantitative estimate of drug-likeness (QED) is 0.333. The molecule has 0 saturated heterocycles. The van der Waals surface area contributed by atoms with Gasteiger partial charge in [0.15, 0.2) is 5.96 Å². The van der Waals surface area contributed by atoms with Gasteiger partial charge in [0.25, 0.3) is 0 Å². The number of hydrogen-bond donors (Lipinski definition) is 2. The Bertz CT molecular complexity index is 503. The fourth-order valence-corrected chi connectivity index (χ4v) is 2.61. The van der Waals surface area contributed by atoms with E-state index in [-0.39, 0.29) is 30.1 Å². The molecule has 0 saturated carbocycles. The SMILES string of the molecule is CCNC(=NCC1Cc2ccccc2O1)NCCN(C)CCOC.I. The molecule has 1 aromatic carbocycles. The molecule has 0 aromatic heterocycles. The third kappa shape index (κ3) is 7.79. The van der Waals surface area contributed by atoms with E-state index < -0.39 is 0 Å². The number of halogens is 1. The maximum atomic E-state index is 5.94. The highest BCUT2D eigenvalue weighted by Gasteiger charge is 2.21. The van der Waals surface area contributed by atoms with Crippen molar-refractivity contribution in [2.24, 2.45) is 4.99 Å². The minimum Gasteiger partial charge on any atom is -0.488 e. The van der Waals surface area contributed by atoms with Gasteiger partial charge in [0.1, 0.15) is 11.9 Å². The van der Waals surface area contributed by atoms with Gasteiger partial charge < -0.3 is 25.0 Å². The van der Waals surface area contributed by atoms with Gasteiger partial charge in [-0.15, -0.1) is 24.0 Å². The van der Waals surface area contributed by atoms with Crippen molar-refractivity contribution in [2.75, 3.05) is 53.5 Å². The van der Waals surface area contributed by atoms with E-state index in [0.29, 0.717) is 6.54 Å². The Morgan fingerprint density at radius 2 is 2.12 bits per heavy atom. The topological polar surface area (TPSA) is 58.1 Å². The Balaban J connectivity index is 0.00000312. The first-order chi connectivity index (χ1) is 11.7. The van der Waals surface area contributed by atoms with E-state index in [2.05, 4.69) is 46.6 Å². The molecule has 0 amide bonds. The first-order valence-electron chi connectivity index (χ1n) is 8.67. The standard InChI is InChI=1S/C18H30N4O2.HI/c1-4-19-18(20-9-10-22(2)11-12-23-3)21-14-16-13-15-7-5-6-8-17(15)24-16;/h5-8,16H,4,9-14H2,1-3H3,(H2,19,20,21);1H. The van der Waals surface area contributed by atoms with Crippen LogP contribution in [0.1, 0.15) is 12.5 Å². The Hall–Kier alpha value is -1.06. The highest BCUT2D eigenvalue weighted by atomic mass is 127. The number of methoxy groups -OCH3 is 1. The molecule has 2 N–H and O–H groups in total. The normalized spacial score (nSPS) is 16.2. The van der Waals surface area contributed by atoms with E-state index in [9.17, 15) is 0 Å². The molecule has 0 bridgehead atoms. The van der Waals surface area contributed by atoms with Crippen molar-refractivity contribution >= 4 is 29.9 Å². The van der Waals surface area contributed by atoms with E-state index >= 15 is 0 Å². The number of para-hydroxylation sites is 1. The zero-order valence-electron chi connectivity index (χ0n) is 15.5. The number of fused-ring (bicyclic) bond motifs is 1. The Kier molecular flexibility index (Phi) is 10.8. The van der Waals surface area contributed by atoms with Crippen molar-refractivity contribution < 1.29 is 9.47 Å². The maximum absolute atomic E-state index is 5.94. The summed E-state index contributed by atoms with van der Waals surface area (Å²) in [6.07, 6.45) is 1.06. The molecule has 0 fully saturated rings. The predicted molar refractivity (Wildman–Crippen MR) is 113 cm³/mol. The summed E-state index contributed by atoms with van der Waals surface area (Å²) in [5.74, 6) is 1.84. The lowest BCUT2D eigenvalue weighted by atomic mass is 10.1. The molecule has 142 valence electrons. The molecule has 0 aliphatic carbocycles. The van der Waals surface area contributed by atoms with Crippen molar-refractivity contribution in [3.05, 3.63) is 29.8 Å². The summed E-state index contributed by atoms with van der Waals surface area (Å²) in [6, 6.07) is 8.21. The van der Waals surface area contributed by atoms with Gasteiger partial charge in [-0.1, -0.05) is 18.2 Å². The number of rotatable bonds is 9. The molecule has 0 spiro atoms. The van der Waals surface area contributed by atoms with Crippen LogP contribution in [0.25, 0.3) is 0 Å². The van der Waals surface area contributed by atoms with Crippen LogP contribution in [0.3, 0.4) is 0 Å². The highest BCUT2D eigenvalue weighted by Crippen LogP contribution is 2.28. The van der Waals surface area contributed by atoms with Gasteiger partial charge in [0.2, 0.25) is 0 Å². The second-order valence-electron chi connectivity index (χ2n) is 5.99. The number of ether oxygens (including phenoxy) is 2. The maximum Gasteiger partial charge on any atom is 0.191 e. The van der Waals surface area contributed by atoms with Crippen LogP contribution in [0.15, 0.2) is 29.3 Å². The molecule has 1 heterocycles. The number of hydrogen-bond acceptors (Lipinski definition) is 4. The zero-order valence-corrected chi connectivity index (χ0v) is 17.8. The van der Waals surface area contributed by atoms with E-state index in [4.69, 9.17) is 9.47 Å². The van der Waals surface area contributed by atoms with Crippen LogP contribution in [-0.4, -0.2) is 70.5 Å². The van der Waals surface area contributed by atoms with Crippen LogP contribution in [0, 0.1) is 0 Å². The lowest BCUT2D eigenvalue weighted by Gasteiger charge is -2.18. The molecule has 6 nitrogen and oxygen atoms in total. The molecule has 1 aliphatic rings. The predicted octanol–water partition coefficient (Wildman–Crippen LogP) is 1.74. The number of aliphatic imine (C=N–C) groups is 1. The number of nitrogens with one attached hydrogen (secondary N) is 2. The molecule has 1 unspecified atom stereocenters. The van der Waals surface area contributed by atoms with Crippen LogP contribution >= 0.6 is 24.0 Å². The lowest BCUT2D eigenvalue weighted by Crippen LogP contribution is -2.42. The van der Waals surface area contributed by atoms with Crippen LogP contribution in [0.2, 0.25) is 0 Å². The van der Waals surface area contributed by atoms with Crippen LogP contribution in [0.4, 0.5) is 0 Å². The molecule has 25 heavy (non-hydrogen) atoms. The molecular weight excluding hydrogens is 431 g/mol. The first-order valence-corrected chi connectivity index (χ1v) is 8.67. The third-order valence-corrected chi connectivity index (χ3v) is 3.97. The molecule has 7 heteroatoms. The van der Waals surface area contributed by atoms with Crippen LogP contribution in [-0.2, 0) is 11.2 Å². The molecule has 1 atom stereocenters. The molecule has 1 aromatic rings. The second kappa shape index (κ2) is 12.3. The number of guanidine groups is 1. The fourth-order valence-electron chi connectivity index (χ4n) is 2.61. The summed E-state index contributed by atoms with van der Waals surface area (Å²) in [5.41, 5.74) is 1.27. The molecule has 1 aliphatic heterocycles. The summed E-state index contributed by atoms with van der Waals surface area (Å²) >= 11 is 0. The van der Waals surface area contributed by atoms with Crippen molar-refractivity contribution in [3.63, 3.8) is 0 Å². The number of nitrogens with zero attached hydrogens (tertiary/aromatic N) is 2. The molecule has 0 radical (unpaired) electrons. The summed E-state index contributed by atoms with van der Waals surface area (Å²) < 4.78 is 11.0. The van der Waals surface area contributed by atoms with Gasteiger partial charge in [0.05, 0.1) is 13.2 Å². The van der Waals surface area contributed by atoms with Gasteiger partial charge >= 0.3 is 0 Å². The lowest BCUT2D eigenvalue weighted by molar-refractivity contribution is 0.162. The van der Waals surface area contributed by atoms with Crippen LogP contribution < -0.4 is 15.4 Å². The van der Waals surface area contributed by atoms with Gasteiger partial charge in [0, 0.05) is 39.7 Å². The van der Waals surface area contributed by atoms with Crippen molar-refractivity contribution in [3.8, 4) is 5.75 Å². The summed E-state index contributed by atoms with van der Waals surface area (Å²) in [7, 11) is 3.82. The Morgan fingerprint density at radius 1 is 1.32 bits per heavy atom. The molecule has 2 rings (SSSR count). The average Bonchev–Trinajstić information content (AvgIpc) is 3.00. The monoisotopic (exact) mass is 462 g/mol. The summed E-state index contributed by atoms with van der Waals surface area (Å²) in [6.45, 7) is 7.05. The van der Waals surface area contributed by atoms with E-state index in [0.717, 1.165) is 50.9 Å². The van der Waals surface area contributed by atoms with E-state index in [1.54, 1.807) is 7.11 Å². The minimum absolute atomic E-state index is 0. The van der Waals surface area contributed by atoms with Crippen molar-refractivity contribution in [1.82, 2.24) is 15.5 Å². The van der Waals surface area contributed by atoms with Gasteiger partial charge in [-0.25, -0.2) is 4.99 Å². The first kappa shape index (κ1) is 22.0. The Labute approximate surface area is 168 Å². The fraction of sp³-hybridized carbons (Fsp3) is 0.611. The van der Waals surface area contributed by atoms with Crippen LogP contribution in [0.5, 0.6) is 5.75 Å². The number of benzene rings is 1. The summed E-state index contributed by atoms with van der Waals surface area (Å²) in [5, 5.41) is 6.66. The summed E-state index contributed by atoms with van der Waals surface area (Å²) in [4.78, 5) is 6.90. The van der Waals surface area contributed by atoms with Gasteiger partial charge in [-0.3, -0.25) is 0 Å².